The number of aliphatic hydroxyl groups excluding tert-OH is 1. The third-order valence-corrected chi connectivity index (χ3v) is 10.6. The molecule has 0 radical (unpaired) electrons. The summed E-state index contributed by atoms with van der Waals surface area (Å²) < 4.78 is 15.1. The monoisotopic (exact) mass is 750 g/mol. The average Bonchev–Trinajstić information content (AvgIpc) is 3.76. The van der Waals surface area contributed by atoms with Gasteiger partial charge in [-0.3, -0.25) is 19.2 Å². The lowest BCUT2D eigenvalue weighted by molar-refractivity contribution is -0.128. The second-order valence-corrected chi connectivity index (χ2v) is 14.7. The smallest absolute Gasteiger partial charge is 0.274 e. The third kappa shape index (κ3) is 9.13. The summed E-state index contributed by atoms with van der Waals surface area (Å²) in [6, 6.07) is 20.4. The zero-order chi connectivity index (χ0) is 39.1. The molecule has 3 aromatic carbocycles. The minimum Gasteiger partial charge on any atom is -0.396 e. The van der Waals surface area contributed by atoms with E-state index in [9.17, 15) is 28.7 Å². The van der Waals surface area contributed by atoms with Crippen molar-refractivity contribution in [3.63, 3.8) is 0 Å². The van der Waals surface area contributed by atoms with Crippen molar-refractivity contribution in [2.45, 2.75) is 84.8 Å². The third-order valence-electron chi connectivity index (χ3n) is 10.6. The van der Waals surface area contributed by atoms with Crippen molar-refractivity contribution in [2.75, 3.05) is 31.6 Å². The second-order valence-electron chi connectivity index (χ2n) is 14.7. The molecule has 4 aromatic rings. The average molecular weight is 751 g/mol. The Labute approximate surface area is 322 Å². The number of hydrogen-bond acceptors (Lipinski definition) is 6. The van der Waals surface area contributed by atoms with Crippen LogP contribution in [0.1, 0.15) is 95.6 Å². The van der Waals surface area contributed by atoms with E-state index in [0.717, 1.165) is 42.4 Å². The standard InChI is InChI=1S/C43H51FN6O5/c1-4-6-19-47(20-7-5-2)43(55)38-22-29(3)50(46-38)39-17-16-35(45-41(53)33-24-40(52)48(27-33)26-30-12-14-34(44)15-13-30)25-37(39)42(54)49-28-32-11-9-8-10-31(32)23-36(49)18-21-51/h8-17,22,25,33,36,51H,4-7,18-21,23-24,26-28H2,1-3H3,(H,45,53)/t33?,36-/m1/s1. The summed E-state index contributed by atoms with van der Waals surface area (Å²) in [5.41, 5.74) is 4.99. The number of carbonyl (C=O) groups is 4. The fourth-order valence-electron chi connectivity index (χ4n) is 7.51. The lowest BCUT2D eigenvalue weighted by Crippen LogP contribution is -2.45. The van der Waals surface area contributed by atoms with Crippen LogP contribution in [0.3, 0.4) is 0 Å². The predicted molar refractivity (Wildman–Crippen MR) is 208 cm³/mol. The van der Waals surface area contributed by atoms with Gasteiger partial charge < -0.3 is 25.1 Å². The van der Waals surface area contributed by atoms with E-state index in [1.165, 1.54) is 12.1 Å². The van der Waals surface area contributed by atoms with Crippen LogP contribution in [-0.4, -0.2) is 85.5 Å². The summed E-state index contributed by atoms with van der Waals surface area (Å²) in [6.45, 7) is 8.04. The highest BCUT2D eigenvalue weighted by atomic mass is 19.1. The van der Waals surface area contributed by atoms with Crippen LogP contribution < -0.4 is 5.32 Å². The highest BCUT2D eigenvalue weighted by molar-refractivity contribution is 6.02. The molecule has 2 atom stereocenters. The Morgan fingerprint density at radius 3 is 2.35 bits per heavy atom. The lowest BCUT2D eigenvalue weighted by Gasteiger charge is -2.37. The van der Waals surface area contributed by atoms with Crippen molar-refractivity contribution in [2.24, 2.45) is 5.92 Å². The van der Waals surface area contributed by atoms with Gasteiger partial charge >= 0.3 is 0 Å². The number of carbonyl (C=O) groups excluding carboxylic acids is 4. The van der Waals surface area contributed by atoms with Gasteiger partial charge in [-0.2, -0.15) is 5.10 Å². The molecule has 2 N–H and O–H groups in total. The summed E-state index contributed by atoms with van der Waals surface area (Å²) in [6.07, 6.45) is 4.70. The van der Waals surface area contributed by atoms with Crippen molar-refractivity contribution >= 4 is 29.3 Å². The number of amides is 4. The first-order valence-electron chi connectivity index (χ1n) is 19.4. The Morgan fingerprint density at radius 1 is 0.945 bits per heavy atom. The quantitative estimate of drug-likeness (QED) is 0.147. The summed E-state index contributed by atoms with van der Waals surface area (Å²) >= 11 is 0. The second kappa shape index (κ2) is 17.9. The van der Waals surface area contributed by atoms with E-state index in [4.69, 9.17) is 5.10 Å². The van der Waals surface area contributed by atoms with E-state index < -0.39 is 5.92 Å². The Hall–Kier alpha value is -5.36. The van der Waals surface area contributed by atoms with Gasteiger partial charge in [-0.1, -0.05) is 63.1 Å². The van der Waals surface area contributed by atoms with Gasteiger partial charge in [0.05, 0.1) is 17.2 Å². The van der Waals surface area contributed by atoms with E-state index in [-0.39, 0.29) is 67.2 Å². The summed E-state index contributed by atoms with van der Waals surface area (Å²) in [5, 5.41) is 17.7. The van der Waals surface area contributed by atoms with Crippen molar-refractivity contribution in [3.8, 4) is 5.69 Å². The van der Waals surface area contributed by atoms with E-state index >= 15 is 0 Å². The molecule has 1 fully saturated rings. The van der Waals surface area contributed by atoms with Crippen LogP contribution in [0.15, 0.2) is 72.8 Å². The maximum atomic E-state index is 14.8. The van der Waals surface area contributed by atoms with E-state index in [2.05, 4.69) is 19.2 Å². The minimum absolute atomic E-state index is 0.0315. The van der Waals surface area contributed by atoms with Gasteiger partial charge in [0.25, 0.3) is 11.8 Å². The molecule has 1 unspecified atom stereocenters. The molecule has 11 nitrogen and oxygen atoms in total. The number of anilines is 1. The van der Waals surface area contributed by atoms with Gasteiger partial charge in [0, 0.05) is 63.2 Å². The first-order chi connectivity index (χ1) is 26.6. The van der Waals surface area contributed by atoms with Crippen LogP contribution in [0.4, 0.5) is 10.1 Å². The Morgan fingerprint density at radius 2 is 1.65 bits per heavy atom. The Balaban J connectivity index is 1.31. The number of nitrogens with one attached hydrogen (secondary N) is 1. The Bertz CT molecular complexity index is 2000. The molecule has 4 amide bonds. The van der Waals surface area contributed by atoms with Gasteiger partial charge in [-0.05, 0) is 85.7 Å². The number of nitrogens with zero attached hydrogens (tertiary/aromatic N) is 5. The molecular weight excluding hydrogens is 700 g/mol. The van der Waals surface area contributed by atoms with Crippen LogP contribution in [0, 0.1) is 18.7 Å². The van der Waals surface area contributed by atoms with Crippen LogP contribution in [0.5, 0.6) is 0 Å². The zero-order valence-corrected chi connectivity index (χ0v) is 32.0. The fraction of sp³-hybridized carbons (Fsp3) is 0.419. The summed E-state index contributed by atoms with van der Waals surface area (Å²) in [5.74, 6) is -1.96. The molecule has 3 heterocycles. The first-order valence-corrected chi connectivity index (χ1v) is 19.4. The summed E-state index contributed by atoms with van der Waals surface area (Å²) in [4.78, 5) is 60.3. The van der Waals surface area contributed by atoms with Crippen molar-refractivity contribution in [1.29, 1.82) is 0 Å². The van der Waals surface area contributed by atoms with Crippen LogP contribution >= 0.6 is 0 Å². The largest absolute Gasteiger partial charge is 0.396 e. The van der Waals surface area contributed by atoms with Crippen LogP contribution in [-0.2, 0) is 29.1 Å². The molecule has 12 heteroatoms. The normalized spacial score (nSPS) is 16.6. The maximum Gasteiger partial charge on any atom is 0.274 e. The lowest BCUT2D eigenvalue weighted by atomic mass is 9.91. The van der Waals surface area contributed by atoms with Gasteiger partial charge in [0.1, 0.15) is 5.82 Å². The fourth-order valence-corrected chi connectivity index (χ4v) is 7.51. The van der Waals surface area contributed by atoms with Crippen molar-refractivity contribution in [1.82, 2.24) is 24.5 Å². The number of likely N-dealkylation sites (tertiary alicyclic amines) is 1. The number of unbranched alkanes of at least 4 members (excludes halogenated alkanes) is 2. The van der Waals surface area contributed by atoms with Gasteiger partial charge in [0.15, 0.2) is 5.69 Å². The number of halogens is 1. The number of aryl methyl sites for hydroxylation is 1. The van der Waals surface area contributed by atoms with Gasteiger partial charge in [0.2, 0.25) is 11.8 Å². The summed E-state index contributed by atoms with van der Waals surface area (Å²) in [7, 11) is 0. The van der Waals surface area contributed by atoms with Gasteiger partial charge in [-0.25, -0.2) is 9.07 Å². The topological polar surface area (TPSA) is 128 Å². The molecule has 1 saturated heterocycles. The Kier molecular flexibility index (Phi) is 12.8. The van der Waals surface area contributed by atoms with E-state index in [0.29, 0.717) is 55.2 Å². The molecule has 55 heavy (non-hydrogen) atoms. The van der Waals surface area contributed by atoms with Crippen molar-refractivity contribution in [3.05, 3.63) is 112 Å². The molecule has 2 aliphatic rings. The number of hydrogen-bond donors (Lipinski definition) is 2. The molecule has 2 aliphatic heterocycles. The van der Waals surface area contributed by atoms with Crippen molar-refractivity contribution < 1.29 is 28.7 Å². The first kappa shape index (κ1) is 39.3. The number of fused-ring (bicyclic) bond motifs is 1. The number of aliphatic hydroxyl groups is 1. The molecule has 0 saturated carbocycles. The number of rotatable bonds is 15. The molecule has 1 aromatic heterocycles. The van der Waals surface area contributed by atoms with E-state index in [1.807, 2.05) is 36.1 Å². The molecule has 0 aliphatic carbocycles. The SMILES string of the molecule is CCCCN(CCCC)C(=O)c1cc(C)n(-c2ccc(NC(=O)C3CC(=O)N(Cc4ccc(F)cc4)C3)cc2C(=O)N2Cc3ccccc3C[C@H]2CCO)n1. The number of aromatic nitrogens is 2. The van der Waals surface area contributed by atoms with E-state index in [1.54, 1.807) is 50.9 Å². The van der Waals surface area contributed by atoms with Crippen LogP contribution in [0.25, 0.3) is 5.69 Å². The highest BCUT2D eigenvalue weighted by Crippen LogP contribution is 2.31. The van der Waals surface area contributed by atoms with Gasteiger partial charge in [-0.15, -0.1) is 0 Å². The molecule has 290 valence electrons. The minimum atomic E-state index is -0.621. The highest BCUT2D eigenvalue weighted by Gasteiger charge is 2.35. The number of benzene rings is 3. The molecule has 6 rings (SSSR count). The zero-order valence-electron chi connectivity index (χ0n) is 32.0. The maximum absolute atomic E-state index is 14.8. The molecule has 0 bridgehead atoms. The van der Waals surface area contributed by atoms with Crippen LogP contribution in [0.2, 0.25) is 0 Å². The predicted octanol–water partition coefficient (Wildman–Crippen LogP) is 6.30. The molecular formula is C43H51FN6O5. The molecule has 0 spiro atoms.